The fourth-order valence-electron chi connectivity index (χ4n) is 3.70. The van der Waals surface area contributed by atoms with Gasteiger partial charge in [0.1, 0.15) is 5.03 Å². The molecule has 0 amide bonds. The molecule has 0 aliphatic carbocycles. The maximum absolute atomic E-state index is 12.7. The summed E-state index contributed by atoms with van der Waals surface area (Å²) in [6, 6.07) is 16.3. The van der Waals surface area contributed by atoms with E-state index in [1.54, 1.807) is 12.3 Å². The summed E-state index contributed by atoms with van der Waals surface area (Å²) in [5, 5.41) is 11.1. The second kappa shape index (κ2) is 6.82. The third-order valence-corrected chi connectivity index (χ3v) is 6.13. The minimum absolute atomic E-state index is 0.0810. The van der Waals surface area contributed by atoms with Crippen LogP contribution in [0, 0.1) is 0 Å². The third kappa shape index (κ3) is 3.12. The van der Waals surface area contributed by atoms with Crippen LogP contribution in [0.25, 0.3) is 10.8 Å². The Hall–Kier alpha value is -2.66. The molecule has 0 radical (unpaired) electrons. The monoisotopic (exact) mass is 375 g/mol. The van der Waals surface area contributed by atoms with Crippen molar-refractivity contribution < 1.29 is 4.79 Å². The number of benzene rings is 2. The molecule has 0 atom stereocenters. The van der Waals surface area contributed by atoms with Crippen LogP contribution >= 0.6 is 11.8 Å². The number of aromatic nitrogens is 2. The molecule has 0 fully saturated rings. The van der Waals surface area contributed by atoms with Crippen LogP contribution in [-0.4, -0.2) is 28.8 Å². The largest absolute Gasteiger partial charge is 0.347 e. The zero-order valence-electron chi connectivity index (χ0n) is 15.6. The zero-order chi connectivity index (χ0) is 19.0. The lowest BCUT2D eigenvalue weighted by Gasteiger charge is -2.23. The van der Waals surface area contributed by atoms with Crippen LogP contribution in [0.5, 0.6) is 0 Å². The van der Waals surface area contributed by atoms with E-state index in [2.05, 4.69) is 41.1 Å². The van der Waals surface area contributed by atoms with E-state index in [1.165, 1.54) is 17.3 Å². The number of likely N-dealkylation sites (N-methyl/N-ethyl adjacent to an activating group) is 1. The lowest BCUT2D eigenvalue weighted by Crippen LogP contribution is -2.24. The number of hydrogen-bond donors (Lipinski definition) is 0. The summed E-state index contributed by atoms with van der Waals surface area (Å²) in [4.78, 5) is 14.8. The molecule has 1 aromatic heterocycles. The van der Waals surface area contributed by atoms with Crippen LogP contribution in [-0.2, 0) is 10.2 Å². The van der Waals surface area contributed by atoms with Gasteiger partial charge in [-0.1, -0.05) is 68.1 Å². The first kappa shape index (κ1) is 17.7. The topological polar surface area (TPSA) is 46.1 Å². The summed E-state index contributed by atoms with van der Waals surface area (Å²) in [7, 11) is 2.02. The highest BCUT2D eigenvalue weighted by Gasteiger charge is 2.38. The van der Waals surface area contributed by atoms with Crippen molar-refractivity contribution in [1.29, 1.82) is 0 Å². The Morgan fingerprint density at radius 3 is 2.70 bits per heavy atom. The van der Waals surface area contributed by atoms with Gasteiger partial charge in [-0.05, 0) is 11.6 Å². The van der Waals surface area contributed by atoms with Crippen LogP contribution in [0.2, 0.25) is 0 Å². The molecule has 0 saturated carbocycles. The number of para-hydroxylation sites is 1. The summed E-state index contributed by atoms with van der Waals surface area (Å²) < 4.78 is 0. The van der Waals surface area contributed by atoms with Crippen molar-refractivity contribution in [1.82, 2.24) is 10.2 Å². The second-order valence-electron chi connectivity index (χ2n) is 7.22. The van der Waals surface area contributed by atoms with Gasteiger partial charge in [0.05, 0.1) is 11.9 Å². The summed E-state index contributed by atoms with van der Waals surface area (Å²) in [6.07, 6.45) is 3.53. The van der Waals surface area contributed by atoms with E-state index in [0.29, 0.717) is 5.75 Å². The van der Waals surface area contributed by atoms with E-state index in [1.807, 2.05) is 43.4 Å². The molecule has 136 valence electrons. The van der Waals surface area contributed by atoms with E-state index in [9.17, 15) is 4.79 Å². The lowest BCUT2D eigenvalue weighted by molar-refractivity contribution is -0.112. The highest BCUT2D eigenvalue weighted by atomic mass is 32.2. The molecular formula is C22H21N3OS. The Morgan fingerprint density at radius 1 is 1.15 bits per heavy atom. The maximum Gasteiger partial charge on any atom is 0.167 e. The molecule has 0 N–H and O–H groups in total. The number of ketones is 1. The van der Waals surface area contributed by atoms with Crippen molar-refractivity contribution in [3.63, 3.8) is 0 Å². The Bertz CT molecular complexity index is 1050. The zero-order valence-corrected chi connectivity index (χ0v) is 16.5. The number of rotatable bonds is 4. The maximum atomic E-state index is 12.7. The van der Waals surface area contributed by atoms with Crippen molar-refractivity contribution in [2.45, 2.75) is 24.3 Å². The van der Waals surface area contributed by atoms with Crippen LogP contribution in [0.15, 0.2) is 71.5 Å². The Balaban J connectivity index is 1.56. The van der Waals surface area contributed by atoms with Crippen LogP contribution < -0.4 is 4.90 Å². The summed E-state index contributed by atoms with van der Waals surface area (Å²) in [5.41, 5.74) is 3.25. The van der Waals surface area contributed by atoms with Gasteiger partial charge in [0.25, 0.3) is 0 Å². The molecule has 1 aliphatic heterocycles. The van der Waals surface area contributed by atoms with Crippen molar-refractivity contribution >= 4 is 34.0 Å². The van der Waals surface area contributed by atoms with Crippen molar-refractivity contribution in [3.05, 3.63) is 72.1 Å². The summed E-state index contributed by atoms with van der Waals surface area (Å²) >= 11 is 1.44. The summed E-state index contributed by atoms with van der Waals surface area (Å²) in [6.45, 7) is 4.33. The van der Waals surface area contributed by atoms with Gasteiger partial charge in [0, 0.05) is 40.7 Å². The molecule has 0 spiro atoms. The minimum Gasteiger partial charge on any atom is -0.347 e. The number of allylic oxidation sites excluding steroid dienone is 2. The predicted molar refractivity (Wildman–Crippen MR) is 111 cm³/mol. The van der Waals surface area contributed by atoms with Gasteiger partial charge in [-0.3, -0.25) is 4.79 Å². The third-order valence-electron chi connectivity index (χ3n) is 5.13. The molecule has 2 heterocycles. The van der Waals surface area contributed by atoms with Gasteiger partial charge >= 0.3 is 0 Å². The molecule has 4 rings (SSSR count). The Kier molecular flexibility index (Phi) is 4.48. The predicted octanol–water partition coefficient (Wildman–Crippen LogP) is 4.60. The average molecular weight is 375 g/mol. The molecule has 4 nitrogen and oxygen atoms in total. The van der Waals surface area contributed by atoms with Gasteiger partial charge in [0.2, 0.25) is 0 Å². The van der Waals surface area contributed by atoms with Crippen molar-refractivity contribution in [2.24, 2.45) is 0 Å². The lowest BCUT2D eigenvalue weighted by atomic mass is 9.83. The standard InChI is InChI=1S/C22H21N3OS/c1-22(2)18-10-6-7-11-19(18)25(3)20(22)12-16(26)14-27-21-17-9-5-4-8-15(17)13-23-24-21/h4-13H,14H2,1-3H3/b20-12+. The molecule has 5 heteroatoms. The van der Waals surface area contributed by atoms with Gasteiger partial charge in [-0.25, -0.2) is 0 Å². The molecule has 0 unspecified atom stereocenters. The van der Waals surface area contributed by atoms with E-state index in [-0.39, 0.29) is 11.2 Å². The second-order valence-corrected chi connectivity index (χ2v) is 8.19. The van der Waals surface area contributed by atoms with Gasteiger partial charge < -0.3 is 4.90 Å². The van der Waals surface area contributed by atoms with Crippen LogP contribution in [0.1, 0.15) is 19.4 Å². The van der Waals surface area contributed by atoms with E-state index in [4.69, 9.17) is 0 Å². The molecule has 2 aromatic carbocycles. The number of fused-ring (bicyclic) bond motifs is 2. The number of thioether (sulfide) groups is 1. The van der Waals surface area contributed by atoms with Gasteiger partial charge in [0.15, 0.2) is 5.78 Å². The molecule has 3 aromatic rings. The molecule has 0 bridgehead atoms. The van der Waals surface area contributed by atoms with Crippen molar-refractivity contribution in [2.75, 3.05) is 17.7 Å². The minimum atomic E-state index is -0.190. The first-order chi connectivity index (χ1) is 13.0. The first-order valence-electron chi connectivity index (χ1n) is 8.90. The van der Waals surface area contributed by atoms with E-state index >= 15 is 0 Å². The number of hydrogen-bond acceptors (Lipinski definition) is 5. The Labute approximate surface area is 163 Å². The SMILES string of the molecule is CN1/C(=C/C(=O)CSc2nncc3ccccc23)C(C)(C)c2ccccc21. The number of nitrogens with zero attached hydrogens (tertiary/aromatic N) is 3. The number of anilines is 1. The molecular weight excluding hydrogens is 354 g/mol. The smallest absolute Gasteiger partial charge is 0.167 e. The first-order valence-corrected chi connectivity index (χ1v) is 9.88. The molecule has 1 aliphatic rings. The Morgan fingerprint density at radius 2 is 1.89 bits per heavy atom. The fourth-order valence-corrected chi connectivity index (χ4v) is 4.51. The normalized spacial score (nSPS) is 16.7. The average Bonchev–Trinajstić information content (AvgIpc) is 2.87. The highest BCUT2D eigenvalue weighted by Crippen LogP contribution is 2.46. The number of carbonyl (C=O) groups is 1. The van der Waals surface area contributed by atoms with Crippen LogP contribution in [0.3, 0.4) is 0 Å². The van der Waals surface area contributed by atoms with E-state index < -0.39 is 0 Å². The van der Waals surface area contributed by atoms with E-state index in [0.717, 1.165) is 27.2 Å². The van der Waals surface area contributed by atoms with Crippen molar-refractivity contribution in [3.8, 4) is 0 Å². The van der Waals surface area contributed by atoms with Gasteiger partial charge in [-0.15, -0.1) is 5.10 Å². The molecule has 0 saturated heterocycles. The quantitative estimate of drug-likeness (QED) is 0.492. The summed E-state index contributed by atoms with van der Waals surface area (Å²) in [5.74, 6) is 0.421. The fraction of sp³-hybridized carbons (Fsp3) is 0.227. The van der Waals surface area contributed by atoms with Crippen LogP contribution in [0.4, 0.5) is 5.69 Å². The highest BCUT2D eigenvalue weighted by molar-refractivity contribution is 8.00. The van der Waals surface area contributed by atoms with Gasteiger partial charge in [-0.2, -0.15) is 5.10 Å². The molecule has 27 heavy (non-hydrogen) atoms. The number of carbonyl (C=O) groups excluding carboxylic acids is 1.